The number of H-pyrrole nitrogens is 1. The molecule has 3 nitrogen and oxygen atoms in total. The van der Waals surface area contributed by atoms with Crippen LogP contribution in [0.2, 0.25) is 0 Å². The molecule has 18 heavy (non-hydrogen) atoms. The number of nitrogens with one attached hydrogen (secondary N) is 1. The van der Waals surface area contributed by atoms with E-state index in [4.69, 9.17) is 5.26 Å². The zero-order valence-electron chi connectivity index (χ0n) is 9.94. The molecule has 3 rings (SSSR count). The van der Waals surface area contributed by atoms with Gasteiger partial charge in [-0.05, 0) is 23.8 Å². The number of hydrogen-bond acceptors (Lipinski definition) is 2. The minimum absolute atomic E-state index is 0.342. The second kappa shape index (κ2) is 4.01. The molecule has 0 amide bonds. The highest BCUT2D eigenvalue weighted by Gasteiger charge is 2.03. The van der Waals surface area contributed by atoms with E-state index in [1.807, 2.05) is 12.1 Å². The molecule has 1 aromatic heterocycles. The third-order valence-corrected chi connectivity index (χ3v) is 2.99. The van der Waals surface area contributed by atoms with Gasteiger partial charge in [-0.25, -0.2) is 4.98 Å². The molecule has 0 unspecified atom stereocenters. The summed E-state index contributed by atoms with van der Waals surface area (Å²) in [6, 6.07) is 14.6. The van der Waals surface area contributed by atoms with Gasteiger partial charge in [-0.1, -0.05) is 35.9 Å². The molecular weight excluding hydrogens is 222 g/mol. The van der Waals surface area contributed by atoms with E-state index in [0.29, 0.717) is 5.82 Å². The standard InChI is InChI=1S/C15H11N3/c1-10-2-3-12-7-13(5-4-11(12)6-10)14-9-17-15(8-16)18-14/h2-7,9H,1H3,(H,17,18). The molecule has 1 heterocycles. The van der Waals surface area contributed by atoms with Gasteiger partial charge < -0.3 is 4.98 Å². The maximum atomic E-state index is 8.76. The number of aryl methyl sites for hydroxylation is 1. The second-order valence-electron chi connectivity index (χ2n) is 4.32. The number of aromatic amines is 1. The summed E-state index contributed by atoms with van der Waals surface area (Å²) < 4.78 is 0. The molecule has 0 aliphatic carbocycles. The second-order valence-corrected chi connectivity index (χ2v) is 4.32. The summed E-state index contributed by atoms with van der Waals surface area (Å²) in [6.07, 6.45) is 1.69. The van der Waals surface area contributed by atoms with Crippen LogP contribution in [0.3, 0.4) is 0 Å². The van der Waals surface area contributed by atoms with E-state index in [-0.39, 0.29) is 0 Å². The minimum atomic E-state index is 0.342. The summed E-state index contributed by atoms with van der Waals surface area (Å²) in [5.41, 5.74) is 3.16. The molecule has 3 heteroatoms. The summed E-state index contributed by atoms with van der Waals surface area (Å²) in [4.78, 5) is 6.97. The lowest BCUT2D eigenvalue weighted by Gasteiger charge is -2.02. The number of benzene rings is 2. The Bertz CT molecular complexity index is 763. The number of hydrogen-bond donors (Lipinski definition) is 1. The van der Waals surface area contributed by atoms with E-state index in [1.54, 1.807) is 6.20 Å². The molecule has 0 aliphatic rings. The maximum Gasteiger partial charge on any atom is 0.210 e. The van der Waals surface area contributed by atoms with Gasteiger partial charge in [0.25, 0.3) is 0 Å². The summed E-state index contributed by atoms with van der Waals surface area (Å²) in [5, 5.41) is 11.2. The monoisotopic (exact) mass is 233 g/mol. The molecule has 86 valence electrons. The van der Waals surface area contributed by atoms with Crippen LogP contribution in [0.25, 0.3) is 22.0 Å². The molecule has 0 bridgehead atoms. The van der Waals surface area contributed by atoms with E-state index in [2.05, 4.69) is 47.2 Å². The number of rotatable bonds is 1. The van der Waals surface area contributed by atoms with Gasteiger partial charge in [-0.15, -0.1) is 0 Å². The first-order valence-electron chi connectivity index (χ1n) is 5.72. The van der Waals surface area contributed by atoms with Gasteiger partial charge in [0, 0.05) is 5.56 Å². The summed E-state index contributed by atoms with van der Waals surface area (Å²) >= 11 is 0. The predicted octanol–water partition coefficient (Wildman–Crippen LogP) is 3.41. The number of imidazole rings is 1. The highest BCUT2D eigenvalue weighted by molar-refractivity contribution is 5.87. The van der Waals surface area contributed by atoms with Gasteiger partial charge in [0.05, 0.1) is 11.9 Å². The summed E-state index contributed by atoms with van der Waals surface area (Å²) in [5.74, 6) is 0.342. The molecule has 1 N–H and O–H groups in total. The molecule has 2 aromatic carbocycles. The van der Waals surface area contributed by atoms with Gasteiger partial charge in [-0.3, -0.25) is 0 Å². The van der Waals surface area contributed by atoms with Crippen LogP contribution in [0, 0.1) is 18.3 Å². The Hall–Kier alpha value is -2.60. The summed E-state index contributed by atoms with van der Waals surface area (Å²) in [7, 11) is 0. The minimum Gasteiger partial charge on any atom is -0.329 e. The molecule has 0 saturated heterocycles. The van der Waals surface area contributed by atoms with Crippen molar-refractivity contribution in [2.24, 2.45) is 0 Å². The maximum absolute atomic E-state index is 8.76. The van der Waals surface area contributed by atoms with Gasteiger partial charge in [0.1, 0.15) is 6.07 Å². The van der Waals surface area contributed by atoms with Gasteiger partial charge in [0.2, 0.25) is 5.82 Å². The third-order valence-electron chi connectivity index (χ3n) is 2.99. The number of nitrogens with zero attached hydrogens (tertiary/aromatic N) is 2. The quantitative estimate of drug-likeness (QED) is 0.700. The van der Waals surface area contributed by atoms with Crippen LogP contribution in [-0.4, -0.2) is 9.97 Å². The van der Waals surface area contributed by atoms with Gasteiger partial charge in [-0.2, -0.15) is 5.26 Å². The van der Waals surface area contributed by atoms with E-state index in [0.717, 1.165) is 11.3 Å². The Balaban J connectivity index is 2.13. The third kappa shape index (κ3) is 1.74. The smallest absolute Gasteiger partial charge is 0.210 e. The van der Waals surface area contributed by atoms with E-state index < -0.39 is 0 Å². The molecule has 3 aromatic rings. The number of fused-ring (bicyclic) bond motifs is 1. The van der Waals surface area contributed by atoms with E-state index in [9.17, 15) is 0 Å². The number of aromatic nitrogens is 2. The Morgan fingerprint density at radius 2 is 1.89 bits per heavy atom. The van der Waals surface area contributed by atoms with E-state index in [1.165, 1.54) is 16.3 Å². The Kier molecular flexibility index (Phi) is 2.35. The van der Waals surface area contributed by atoms with Crippen molar-refractivity contribution in [1.29, 1.82) is 5.26 Å². The zero-order chi connectivity index (χ0) is 12.5. The van der Waals surface area contributed by atoms with Crippen molar-refractivity contribution in [3.63, 3.8) is 0 Å². The van der Waals surface area contributed by atoms with Crippen molar-refractivity contribution >= 4 is 10.8 Å². The van der Waals surface area contributed by atoms with Crippen LogP contribution in [0.1, 0.15) is 11.4 Å². The molecule has 0 saturated carbocycles. The molecule has 0 atom stereocenters. The van der Waals surface area contributed by atoms with Crippen LogP contribution >= 0.6 is 0 Å². The first-order valence-corrected chi connectivity index (χ1v) is 5.72. The topological polar surface area (TPSA) is 52.5 Å². The lowest BCUT2D eigenvalue weighted by Crippen LogP contribution is -1.81. The highest BCUT2D eigenvalue weighted by atomic mass is 14.9. The lowest BCUT2D eigenvalue weighted by atomic mass is 10.0. The van der Waals surface area contributed by atoms with Crippen LogP contribution in [-0.2, 0) is 0 Å². The Morgan fingerprint density at radius 1 is 1.11 bits per heavy atom. The number of nitriles is 1. The van der Waals surface area contributed by atoms with Crippen molar-refractivity contribution in [1.82, 2.24) is 9.97 Å². The van der Waals surface area contributed by atoms with E-state index >= 15 is 0 Å². The highest BCUT2D eigenvalue weighted by Crippen LogP contribution is 2.23. The first-order chi connectivity index (χ1) is 8.76. The molecule has 0 spiro atoms. The van der Waals surface area contributed by atoms with Gasteiger partial charge >= 0.3 is 0 Å². The Labute approximate surface area is 105 Å². The fourth-order valence-electron chi connectivity index (χ4n) is 2.06. The van der Waals surface area contributed by atoms with Gasteiger partial charge in [0.15, 0.2) is 0 Å². The first kappa shape index (κ1) is 10.5. The fourth-order valence-corrected chi connectivity index (χ4v) is 2.06. The largest absolute Gasteiger partial charge is 0.329 e. The average Bonchev–Trinajstić information content (AvgIpc) is 2.87. The van der Waals surface area contributed by atoms with Crippen LogP contribution in [0.15, 0.2) is 42.6 Å². The lowest BCUT2D eigenvalue weighted by molar-refractivity contribution is 1.23. The fraction of sp³-hybridized carbons (Fsp3) is 0.0667. The molecule has 0 radical (unpaired) electrons. The van der Waals surface area contributed by atoms with Crippen LogP contribution < -0.4 is 0 Å². The predicted molar refractivity (Wildman–Crippen MR) is 71.0 cm³/mol. The van der Waals surface area contributed by atoms with Crippen LogP contribution in [0.5, 0.6) is 0 Å². The SMILES string of the molecule is Cc1ccc2cc(-c3cnc(C#N)[nH]3)ccc2c1. The van der Waals surface area contributed by atoms with Crippen molar-refractivity contribution in [2.45, 2.75) is 6.92 Å². The van der Waals surface area contributed by atoms with Crippen molar-refractivity contribution in [3.05, 3.63) is 54.0 Å². The van der Waals surface area contributed by atoms with Crippen LogP contribution in [0.4, 0.5) is 0 Å². The normalized spacial score (nSPS) is 10.4. The van der Waals surface area contributed by atoms with Crippen molar-refractivity contribution in [3.8, 4) is 17.3 Å². The molecular formula is C15H11N3. The van der Waals surface area contributed by atoms with Crippen molar-refractivity contribution < 1.29 is 0 Å². The van der Waals surface area contributed by atoms with Crippen molar-refractivity contribution in [2.75, 3.05) is 0 Å². The Morgan fingerprint density at radius 3 is 2.67 bits per heavy atom. The average molecular weight is 233 g/mol. The summed E-state index contributed by atoms with van der Waals surface area (Å²) in [6.45, 7) is 2.08. The molecule has 0 fully saturated rings. The zero-order valence-corrected chi connectivity index (χ0v) is 9.94. The molecule has 0 aliphatic heterocycles.